The zero-order valence-corrected chi connectivity index (χ0v) is 10.5. The first-order valence-electron chi connectivity index (χ1n) is 6.32. The maximum Gasteiger partial charge on any atom is 0.0544 e. The van der Waals surface area contributed by atoms with Gasteiger partial charge in [0, 0.05) is 38.4 Å². The van der Waals surface area contributed by atoms with E-state index >= 15 is 0 Å². The van der Waals surface area contributed by atoms with E-state index in [0.717, 1.165) is 44.8 Å². The molecule has 2 rings (SSSR count). The van der Waals surface area contributed by atoms with Gasteiger partial charge in [0.2, 0.25) is 0 Å². The molecule has 0 radical (unpaired) electrons. The van der Waals surface area contributed by atoms with Gasteiger partial charge in [-0.2, -0.15) is 0 Å². The molecule has 0 bridgehead atoms. The van der Waals surface area contributed by atoms with Crippen molar-refractivity contribution in [1.29, 1.82) is 0 Å². The minimum Gasteiger partial charge on any atom is -0.330 e. The highest BCUT2D eigenvalue weighted by atomic mass is 15.3. The topological polar surface area (TPSA) is 45.4 Å². The summed E-state index contributed by atoms with van der Waals surface area (Å²) in [6.07, 6.45) is 2.93. The van der Waals surface area contributed by atoms with Crippen molar-refractivity contribution >= 4 is 0 Å². The fourth-order valence-corrected chi connectivity index (χ4v) is 2.42. The molecular weight excluding hydrogens is 212 g/mol. The molecule has 1 aromatic heterocycles. The fraction of sp³-hybridized carbons (Fsp3) is 0.615. The zero-order valence-electron chi connectivity index (χ0n) is 10.5. The van der Waals surface area contributed by atoms with E-state index in [-0.39, 0.29) is 0 Å². The van der Waals surface area contributed by atoms with Crippen molar-refractivity contribution in [3.05, 3.63) is 30.1 Å². The Bertz CT molecular complexity index is 327. The lowest BCUT2D eigenvalue weighted by molar-refractivity contribution is 0.0787. The van der Waals surface area contributed by atoms with Gasteiger partial charge in [0.15, 0.2) is 0 Å². The molecule has 1 atom stereocenters. The van der Waals surface area contributed by atoms with E-state index in [9.17, 15) is 0 Å². The second-order valence-electron chi connectivity index (χ2n) is 4.78. The second kappa shape index (κ2) is 6.10. The molecule has 2 heterocycles. The Morgan fingerprint density at radius 2 is 2.29 bits per heavy atom. The largest absolute Gasteiger partial charge is 0.330 e. The molecule has 1 aliphatic rings. The first-order chi connectivity index (χ1) is 8.29. The van der Waals surface area contributed by atoms with Crippen LogP contribution in [-0.2, 0) is 6.54 Å². The molecule has 2 N–H and O–H groups in total. The predicted octanol–water partition coefficient (Wildman–Crippen LogP) is 0.546. The molecule has 0 amide bonds. The van der Waals surface area contributed by atoms with Crippen LogP contribution in [0.1, 0.15) is 12.1 Å². The number of nitrogens with zero attached hydrogens (tertiary/aromatic N) is 3. The molecule has 4 nitrogen and oxygen atoms in total. The van der Waals surface area contributed by atoms with E-state index in [1.807, 2.05) is 12.3 Å². The lowest BCUT2D eigenvalue weighted by atomic mass is 10.1. The monoisotopic (exact) mass is 234 g/mol. The average molecular weight is 234 g/mol. The van der Waals surface area contributed by atoms with Gasteiger partial charge in [-0.25, -0.2) is 0 Å². The lowest BCUT2D eigenvalue weighted by Gasteiger charge is -2.39. The quantitative estimate of drug-likeness (QED) is 0.826. The Morgan fingerprint density at radius 1 is 1.41 bits per heavy atom. The van der Waals surface area contributed by atoms with Crippen LogP contribution in [0.3, 0.4) is 0 Å². The van der Waals surface area contributed by atoms with Gasteiger partial charge >= 0.3 is 0 Å². The minimum atomic E-state index is 0.570. The van der Waals surface area contributed by atoms with Gasteiger partial charge < -0.3 is 10.6 Å². The smallest absolute Gasteiger partial charge is 0.0544 e. The van der Waals surface area contributed by atoms with E-state index < -0.39 is 0 Å². The molecule has 1 saturated heterocycles. The molecule has 1 aliphatic heterocycles. The number of likely N-dealkylation sites (N-methyl/N-ethyl adjacent to an activating group) is 1. The van der Waals surface area contributed by atoms with Crippen LogP contribution in [0.2, 0.25) is 0 Å². The summed E-state index contributed by atoms with van der Waals surface area (Å²) in [4.78, 5) is 9.29. The third-order valence-corrected chi connectivity index (χ3v) is 3.40. The molecule has 0 saturated carbocycles. The number of aromatic nitrogens is 1. The Labute approximate surface area is 103 Å². The molecular formula is C13H22N4. The van der Waals surface area contributed by atoms with Gasteiger partial charge in [-0.3, -0.25) is 9.88 Å². The summed E-state index contributed by atoms with van der Waals surface area (Å²) in [5, 5.41) is 0. The van der Waals surface area contributed by atoms with E-state index in [1.165, 1.54) is 0 Å². The summed E-state index contributed by atoms with van der Waals surface area (Å²) >= 11 is 0. The van der Waals surface area contributed by atoms with Crippen LogP contribution in [0.5, 0.6) is 0 Å². The highest BCUT2D eigenvalue weighted by Gasteiger charge is 2.24. The van der Waals surface area contributed by atoms with Crippen LogP contribution in [0.4, 0.5) is 0 Å². The van der Waals surface area contributed by atoms with Crippen LogP contribution in [-0.4, -0.2) is 54.1 Å². The van der Waals surface area contributed by atoms with E-state index in [1.54, 1.807) is 0 Å². The Hall–Kier alpha value is -0.970. The maximum absolute atomic E-state index is 5.70. The number of piperazine rings is 1. The second-order valence-corrected chi connectivity index (χ2v) is 4.78. The lowest BCUT2D eigenvalue weighted by Crippen LogP contribution is -2.51. The van der Waals surface area contributed by atoms with Crippen molar-refractivity contribution in [2.24, 2.45) is 5.73 Å². The van der Waals surface area contributed by atoms with Gasteiger partial charge in [-0.1, -0.05) is 6.07 Å². The highest BCUT2D eigenvalue weighted by Crippen LogP contribution is 2.14. The van der Waals surface area contributed by atoms with Gasteiger partial charge in [-0.05, 0) is 32.1 Å². The maximum atomic E-state index is 5.70. The average Bonchev–Trinajstić information content (AvgIpc) is 2.34. The minimum absolute atomic E-state index is 0.570. The molecule has 0 aliphatic carbocycles. The number of rotatable bonds is 4. The Morgan fingerprint density at radius 3 is 3.00 bits per heavy atom. The number of hydrogen-bond acceptors (Lipinski definition) is 4. The van der Waals surface area contributed by atoms with Gasteiger partial charge in [0.25, 0.3) is 0 Å². The molecule has 17 heavy (non-hydrogen) atoms. The predicted molar refractivity (Wildman–Crippen MR) is 69.6 cm³/mol. The van der Waals surface area contributed by atoms with E-state index in [4.69, 9.17) is 5.73 Å². The van der Waals surface area contributed by atoms with Crippen LogP contribution < -0.4 is 5.73 Å². The number of nitrogens with two attached hydrogens (primary N) is 1. The highest BCUT2D eigenvalue weighted by molar-refractivity contribution is 5.04. The van der Waals surface area contributed by atoms with Crippen molar-refractivity contribution in [2.45, 2.75) is 19.0 Å². The summed E-state index contributed by atoms with van der Waals surface area (Å²) in [6.45, 7) is 5.06. The van der Waals surface area contributed by atoms with Crippen molar-refractivity contribution in [1.82, 2.24) is 14.8 Å². The summed E-state index contributed by atoms with van der Waals surface area (Å²) in [5.74, 6) is 0. The van der Waals surface area contributed by atoms with Crippen LogP contribution in [0.15, 0.2) is 24.4 Å². The SMILES string of the molecule is CN1CCN(Cc2ccccn2)C(CCN)C1. The van der Waals surface area contributed by atoms with Crippen LogP contribution in [0.25, 0.3) is 0 Å². The molecule has 0 spiro atoms. The first kappa shape index (κ1) is 12.5. The van der Waals surface area contributed by atoms with Gasteiger partial charge in [0.05, 0.1) is 5.69 Å². The normalized spacial score (nSPS) is 22.8. The molecule has 0 aromatic carbocycles. The summed E-state index contributed by atoms with van der Waals surface area (Å²) in [6, 6.07) is 6.68. The number of hydrogen-bond donors (Lipinski definition) is 1. The van der Waals surface area contributed by atoms with Crippen molar-refractivity contribution in [3.8, 4) is 0 Å². The van der Waals surface area contributed by atoms with Crippen LogP contribution in [0, 0.1) is 0 Å². The standard InChI is InChI=1S/C13H22N4/c1-16-8-9-17(13(11-16)5-6-14)10-12-4-2-3-7-15-12/h2-4,7,13H,5-6,8-11,14H2,1H3. The summed E-state index contributed by atoms with van der Waals surface area (Å²) in [7, 11) is 2.18. The third-order valence-electron chi connectivity index (χ3n) is 3.40. The molecule has 1 unspecified atom stereocenters. The number of pyridine rings is 1. The van der Waals surface area contributed by atoms with Gasteiger partial charge in [0.1, 0.15) is 0 Å². The third kappa shape index (κ3) is 3.49. The van der Waals surface area contributed by atoms with E-state index in [2.05, 4.69) is 34.0 Å². The fourth-order valence-electron chi connectivity index (χ4n) is 2.42. The molecule has 4 heteroatoms. The molecule has 94 valence electrons. The van der Waals surface area contributed by atoms with Crippen LogP contribution >= 0.6 is 0 Å². The molecule has 1 aromatic rings. The summed E-state index contributed by atoms with van der Waals surface area (Å²) in [5.41, 5.74) is 6.85. The molecule has 1 fully saturated rings. The van der Waals surface area contributed by atoms with E-state index in [0.29, 0.717) is 6.04 Å². The zero-order chi connectivity index (χ0) is 12.1. The Kier molecular flexibility index (Phi) is 4.48. The van der Waals surface area contributed by atoms with Crippen molar-refractivity contribution in [3.63, 3.8) is 0 Å². The van der Waals surface area contributed by atoms with Crippen molar-refractivity contribution in [2.75, 3.05) is 33.2 Å². The Balaban J connectivity index is 1.98. The van der Waals surface area contributed by atoms with Gasteiger partial charge in [-0.15, -0.1) is 0 Å². The van der Waals surface area contributed by atoms with Crippen molar-refractivity contribution < 1.29 is 0 Å². The first-order valence-corrected chi connectivity index (χ1v) is 6.32. The summed E-state index contributed by atoms with van der Waals surface area (Å²) < 4.78 is 0.